The molecule has 0 spiro atoms. The van der Waals surface area contributed by atoms with Crippen molar-refractivity contribution in [1.29, 1.82) is 0 Å². The topological polar surface area (TPSA) is 109 Å². The van der Waals surface area contributed by atoms with E-state index >= 15 is 0 Å². The van der Waals surface area contributed by atoms with E-state index in [-0.39, 0.29) is 17.6 Å². The van der Waals surface area contributed by atoms with E-state index in [9.17, 15) is 9.59 Å². The number of rotatable bonds is 8. The van der Waals surface area contributed by atoms with Crippen molar-refractivity contribution in [1.82, 2.24) is 34.4 Å². The van der Waals surface area contributed by atoms with Gasteiger partial charge in [-0.25, -0.2) is 9.48 Å². The molecule has 0 radical (unpaired) electrons. The van der Waals surface area contributed by atoms with Crippen LogP contribution in [0.25, 0.3) is 27.8 Å². The second-order valence-corrected chi connectivity index (χ2v) is 11.1. The number of hydrogen-bond acceptors (Lipinski definition) is 6. The van der Waals surface area contributed by atoms with Crippen LogP contribution in [0, 0.1) is 12.8 Å². The summed E-state index contributed by atoms with van der Waals surface area (Å²) in [6.45, 7) is 3.58. The molecule has 1 fully saturated rings. The number of halogens is 1. The predicted molar refractivity (Wildman–Crippen MR) is 158 cm³/mol. The number of ether oxygens (including phenoxy) is 1. The van der Waals surface area contributed by atoms with Crippen LogP contribution in [0.3, 0.4) is 0 Å². The van der Waals surface area contributed by atoms with Gasteiger partial charge in [0.15, 0.2) is 0 Å². The van der Waals surface area contributed by atoms with Crippen LogP contribution >= 0.6 is 11.6 Å². The lowest BCUT2D eigenvalue weighted by atomic mass is 9.85. The van der Waals surface area contributed by atoms with Crippen molar-refractivity contribution < 1.29 is 9.53 Å². The summed E-state index contributed by atoms with van der Waals surface area (Å²) in [5, 5.41) is 12.2. The molecular formula is C30H32ClN7O3. The first-order valence-corrected chi connectivity index (χ1v) is 14.3. The van der Waals surface area contributed by atoms with E-state index in [2.05, 4.69) is 20.6 Å². The minimum absolute atomic E-state index is 0.0725. The van der Waals surface area contributed by atoms with Crippen LogP contribution < -0.4 is 11.0 Å². The van der Waals surface area contributed by atoms with Gasteiger partial charge in [-0.3, -0.25) is 18.9 Å². The normalized spacial score (nSPS) is 17.3. The van der Waals surface area contributed by atoms with Crippen LogP contribution in [0.2, 0.25) is 5.02 Å². The highest BCUT2D eigenvalue weighted by Crippen LogP contribution is 2.28. The van der Waals surface area contributed by atoms with Gasteiger partial charge < -0.3 is 10.1 Å². The zero-order chi connectivity index (χ0) is 28.5. The number of fused-ring (bicyclic) bond motifs is 2. The van der Waals surface area contributed by atoms with Gasteiger partial charge in [0.25, 0.3) is 5.91 Å². The second-order valence-electron chi connectivity index (χ2n) is 10.7. The second kappa shape index (κ2) is 11.5. The highest BCUT2D eigenvalue weighted by molar-refractivity contribution is 6.30. The molecule has 3 aromatic heterocycles. The molecule has 0 unspecified atom stereocenters. The summed E-state index contributed by atoms with van der Waals surface area (Å²) in [5.41, 5.74) is 5.24. The van der Waals surface area contributed by atoms with Crippen LogP contribution in [0.5, 0.6) is 0 Å². The molecule has 0 saturated heterocycles. The Kier molecular flexibility index (Phi) is 7.59. The van der Waals surface area contributed by atoms with Crippen LogP contribution in [-0.4, -0.2) is 54.8 Å². The molecule has 0 aliphatic heterocycles. The summed E-state index contributed by atoms with van der Waals surface area (Å²) in [7, 11) is 1.66. The fourth-order valence-corrected chi connectivity index (χ4v) is 5.98. The SMILES string of the molecule is COCCn1nnc2cc(-n3c(=O)n(CC4CCC(NC(=O)c5cc(Cl)cnc5C)CC4)c4ccccc43)ccc21. The third-order valence-electron chi connectivity index (χ3n) is 8.02. The predicted octanol–water partition coefficient (Wildman–Crippen LogP) is 4.53. The molecular weight excluding hydrogens is 542 g/mol. The number of methoxy groups -OCH3 is 1. The number of pyridine rings is 1. The number of aryl methyl sites for hydroxylation is 1. The number of para-hydroxylation sites is 2. The van der Waals surface area contributed by atoms with Gasteiger partial charge in [-0.1, -0.05) is 28.9 Å². The summed E-state index contributed by atoms with van der Waals surface area (Å²) in [6.07, 6.45) is 5.09. The molecule has 11 heteroatoms. The Morgan fingerprint density at radius 2 is 1.85 bits per heavy atom. The maximum atomic E-state index is 13.9. The summed E-state index contributed by atoms with van der Waals surface area (Å²) < 4.78 is 10.6. The zero-order valence-corrected chi connectivity index (χ0v) is 23.8. The van der Waals surface area contributed by atoms with Gasteiger partial charge in [0, 0.05) is 25.9 Å². The molecule has 5 aromatic rings. The Bertz CT molecular complexity index is 1780. The number of amides is 1. The smallest absolute Gasteiger partial charge is 0.333 e. The number of nitrogens with zero attached hydrogens (tertiary/aromatic N) is 6. The minimum Gasteiger partial charge on any atom is -0.383 e. The first kappa shape index (κ1) is 27.2. The first-order chi connectivity index (χ1) is 19.9. The number of benzene rings is 2. The quantitative estimate of drug-likeness (QED) is 0.292. The molecule has 41 heavy (non-hydrogen) atoms. The van der Waals surface area contributed by atoms with Crippen molar-refractivity contribution in [3.63, 3.8) is 0 Å². The highest BCUT2D eigenvalue weighted by Gasteiger charge is 2.26. The molecule has 212 valence electrons. The molecule has 1 aliphatic rings. The van der Waals surface area contributed by atoms with Gasteiger partial charge >= 0.3 is 5.69 Å². The molecule has 1 aliphatic carbocycles. The van der Waals surface area contributed by atoms with Crippen LogP contribution in [-0.2, 0) is 17.8 Å². The van der Waals surface area contributed by atoms with Gasteiger partial charge in [0.1, 0.15) is 5.52 Å². The number of aromatic nitrogens is 6. The van der Waals surface area contributed by atoms with E-state index in [0.717, 1.165) is 53.4 Å². The zero-order valence-electron chi connectivity index (χ0n) is 23.1. The average Bonchev–Trinajstić information content (AvgIpc) is 3.51. The van der Waals surface area contributed by atoms with Gasteiger partial charge in [0.05, 0.1) is 51.7 Å². The number of imidazole rings is 1. The number of carbonyl (C=O) groups is 1. The standard InChI is InChI=1S/C30H32ClN7O3/c1-19-24(15-21(31)17-32-19)29(39)33-22-9-7-20(8-10-22)18-36-27-5-3-4-6-28(27)38(30(36)40)23-11-12-26-25(16-23)34-35-37(26)13-14-41-2/h3-6,11-12,15-17,20,22H,7-10,13-14,18H2,1-2H3,(H,33,39). The molecule has 1 N–H and O–H groups in total. The van der Waals surface area contributed by atoms with Gasteiger partial charge in [-0.2, -0.15) is 0 Å². The fraction of sp³-hybridized carbons (Fsp3) is 0.367. The van der Waals surface area contributed by atoms with Crippen molar-refractivity contribution >= 4 is 39.6 Å². The lowest BCUT2D eigenvalue weighted by Crippen LogP contribution is -2.39. The van der Waals surface area contributed by atoms with Gasteiger partial charge in [-0.15, -0.1) is 5.10 Å². The van der Waals surface area contributed by atoms with Crippen molar-refractivity contribution in [3.05, 3.63) is 81.5 Å². The van der Waals surface area contributed by atoms with E-state index in [1.165, 1.54) is 0 Å². The first-order valence-electron chi connectivity index (χ1n) is 13.9. The Morgan fingerprint density at radius 1 is 1.07 bits per heavy atom. The average molecular weight is 574 g/mol. The van der Waals surface area contributed by atoms with Gasteiger partial charge in [0.2, 0.25) is 0 Å². The molecule has 0 atom stereocenters. The minimum atomic E-state index is -0.143. The van der Waals surface area contributed by atoms with Crippen LogP contribution in [0.15, 0.2) is 59.5 Å². The lowest BCUT2D eigenvalue weighted by Gasteiger charge is -2.29. The number of nitrogens with one attached hydrogen (secondary N) is 1. The molecule has 1 saturated carbocycles. The third-order valence-corrected chi connectivity index (χ3v) is 8.23. The van der Waals surface area contributed by atoms with Crippen molar-refractivity contribution in [2.24, 2.45) is 5.92 Å². The fourth-order valence-electron chi connectivity index (χ4n) is 5.82. The molecule has 6 rings (SSSR count). The highest BCUT2D eigenvalue weighted by atomic mass is 35.5. The van der Waals surface area contributed by atoms with E-state index in [1.807, 2.05) is 47.0 Å². The lowest BCUT2D eigenvalue weighted by molar-refractivity contribution is 0.0919. The summed E-state index contributed by atoms with van der Waals surface area (Å²) in [6, 6.07) is 15.4. The Labute approximate surface area is 241 Å². The van der Waals surface area contributed by atoms with Crippen LogP contribution in [0.1, 0.15) is 41.7 Å². The monoisotopic (exact) mass is 573 g/mol. The van der Waals surface area contributed by atoms with Crippen LogP contribution in [0.4, 0.5) is 0 Å². The maximum Gasteiger partial charge on any atom is 0.333 e. The molecule has 10 nitrogen and oxygen atoms in total. The Balaban J connectivity index is 1.20. The van der Waals surface area contributed by atoms with Gasteiger partial charge in [-0.05, 0) is 74.9 Å². The van der Waals surface area contributed by atoms with E-state index in [1.54, 1.807) is 35.5 Å². The van der Waals surface area contributed by atoms with Crippen molar-refractivity contribution in [2.45, 2.75) is 51.7 Å². The third kappa shape index (κ3) is 5.37. The summed E-state index contributed by atoms with van der Waals surface area (Å²) in [5.74, 6) is 0.189. The van der Waals surface area contributed by atoms with E-state index in [0.29, 0.717) is 41.9 Å². The Hall–Kier alpha value is -4.02. The largest absolute Gasteiger partial charge is 0.383 e. The summed E-state index contributed by atoms with van der Waals surface area (Å²) >= 11 is 6.05. The number of hydrogen-bond donors (Lipinski definition) is 1. The van der Waals surface area contributed by atoms with Crippen molar-refractivity contribution in [3.8, 4) is 5.69 Å². The summed E-state index contributed by atoms with van der Waals surface area (Å²) in [4.78, 5) is 30.9. The number of carbonyl (C=O) groups excluding carboxylic acids is 1. The van der Waals surface area contributed by atoms with Crippen molar-refractivity contribution in [2.75, 3.05) is 13.7 Å². The van der Waals surface area contributed by atoms with E-state index < -0.39 is 0 Å². The molecule has 0 bridgehead atoms. The molecule has 3 heterocycles. The maximum absolute atomic E-state index is 13.9. The Morgan fingerprint density at radius 3 is 2.63 bits per heavy atom. The molecule has 1 amide bonds. The van der Waals surface area contributed by atoms with E-state index in [4.69, 9.17) is 16.3 Å². The molecule has 2 aromatic carbocycles.